The van der Waals surface area contributed by atoms with E-state index >= 15 is 0 Å². The van der Waals surface area contributed by atoms with Crippen molar-refractivity contribution in [1.82, 2.24) is 4.98 Å². The van der Waals surface area contributed by atoms with E-state index in [-0.39, 0.29) is 5.84 Å². The maximum Gasteiger partial charge on any atom is 0.174 e. The summed E-state index contributed by atoms with van der Waals surface area (Å²) in [6.45, 7) is 10.5. The number of oxime groups is 1. The zero-order valence-electron chi connectivity index (χ0n) is 13.5. The van der Waals surface area contributed by atoms with Gasteiger partial charge in [0, 0.05) is 18.8 Å². The van der Waals surface area contributed by atoms with Crippen LogP contribution >= 0.6 is 0 Å². The molecule has 1 saturated heterocycles. The number of piperidine rings is 1. The fourth-order valence-electron chi connectivity index (χ4n) is 3.02. The van der Waals surface area contributed by atoms with Gasteiger partial charge in [0.25, 0.3) is 0 Å². The van der Waals surface area contributed by atoms with E-state index in [1.807, 2.05) is 19.9 Å². The van der Waals surface area contributed by atoms with Crippen molar-refractivity contribution in [1.29, 1.82) is 0 Å². The average Bonchev–Trinajstić information content (AvgIpc) is 2.46. The molecule has 0 radical (unpaired) electrons. The van der Waals surface area contributed by atoms with Crippen molar-refractivity contribution in [2.24, 2.45) is 16.3 Å². The number of pyridine rings is 1. The van der Waals surface area contributed by atoms with Gasteiger partial charge in [-0.2, -0.15) is 0 Å². The van der Waals surface area contributed by atoms with Gasteiger partial charge in [-0.25, -0.2) is 4.98 Å². The molecule has 1 aromatic rings. The number of aromatic nitrogens is 1. The first-order valence-electron chi connectivity index (χ1n) is 7.61. The van der Waals surface area contributed by atoms with Crippen LogP contribution in [0.3, 0.4) is 0 Å². The molecule has 1 aromatic heterocycles. The van der Waals surface area contributed by atoms with Gasteiger partial charge < -0.3 is 15.8 Å². The van der Waals surface area contributed by atoms with E-state index in [1.165, 1.54) is 6.42 Å². The smallest absolute Gasteiger partial charge is 0.174 e. The van der Waals surface area contributed by atoms with Crippen LogP contribution in [0, 0.1) is 19.3 Å². The molecular formula is C16H26N4O. The molecular weight excluding hydrogens is 264 g/mol. The fraction of sp³-hybridized carbons (Fsp3) is 0.625. The third-order valence-corrected chi connectivity index (χ3v) is 4.81. The molecule has 2 rings (SSSR count). The van der Waals surface area contributed by atoms with Crippen molar-refractivity contribution in [3.05, 3.63) is 22.9 Å². The fourth-order valence-corrected chi connectivity index (χ4v) is 3.02. The molecule has 3 N–H and O–H groups in total. The number of anilines is 1. The molecule has 0 bridgehead atoms. The molecule has 0 unspecified atom stereocenters. The van der Waals surface area contributed by atoms with Crippen LogP contribution in [0.5, 0.6) is 0 Å². The standard InChI is InChI=1S/C16H26N4O/c1-5-16(4)6-8-20(9-7-16)15-13(14(17)19-21)11(2)10-12(3)18-15/h10,21H,5-9H2,1-4H3,(H2,17,19). The van der Waals surface area contributed by atoms with Crippen LogP contribution in [0.1, 0.15) is 49.9 Å². The lowest BCUT2D eigenvalue weighted by atomic mass is 9.78. The third kappa shape index (κ3) is 3.12. The van der Waals surface area contributed by atoms with E-state index < -0.39 is 0 Å². The largest absolute Gasteiger partial charge is 0.409 e. The lowest BCUT2D eigenvalue weighted by Gasteiger charge is -2.40. The van der Waals surface area contributed by atoms with Crippen molar-refractivity contribution >= 4 is 11.7 Å². The molecule has 1 fully saturated rings. The Bertz CT molecular complexity index is 545. The lowest BCUT2D eigenvalue weighted by molar-refractivity contribution is 0.237. The Labute approximate surface area is 126 Å². The van der Waals surface area contributed by atoms with Crippen LogP contribution in [0.4, 0.5) is 5.82 Å². The van der Waals surface area contributed by atoms with E-state index in [4.69, 9.17) is 10.9 Å². The van der Waals surface area contributed by atoms with Crippen molar-refractivity contribution in [2.75, 3.05) is 18.0 Å². The van der Waals surface area contributed by atoms with Gasteiger partial charge in [0.15, 0.2) is 5.84 Å². The minimum Gasteiger partial charge on any atom is -0.409 e. The minimum absolute atomic E-state index is 0.138. The summed E-state index contributed by atoms with van der Waals surface area (Å²) >= 11 is 0. The number of nitrogens with zero attached hydrogens (tertiary/aromatic N) is 3. The zero-order chi connectivity index (χ0) is 15.6. The number of amidine groups is 1. The summed E-state index contributed by atoms with van der Waals surface area (Å²) in [5.41, 5.74) is 9.00. The minimum atomic E-state index is 0.138. The highest BCUT2D eigenvalue weighted by molar-refractivity contribution is 6.02. The summed E-state index contributed by atoms with van der Waals surface area (Å²) in [4.78, 5) is 6.92. The van der Waals surface area contributed by atoms with Gasteiger partial charge in [0.2, 0.25) is 0 Å². The van der Waals surface area contributed by atoms with Crippen LogP contribution in [0.2, 0.25) is 0 Å². The van der Waals surface area contributed by atoms with E-state index in [9.17, 15) is 0 Å². The molecule has 1 aliphatic heterocycles. The molecule has 116 valence electrons. The second-order valence-electron chi connectivity index (χ2n) is 6.42. The number of nitrogens with two attached hydrogens (primary N) is 1. The van der Waals surface area contributed by atoms with Gasteiger partial charge in [-0.1, -0.05) is 25.4 Å². The van der Waals surface area contributed by atoms with Gasteiger partial charge in [-0.15, -0.1) is 0 Å². The molecule has 0 aromatic carbocycles. The Morgan fingerprint density at radius 1 is 1.43 bits per heavy atom. The van der Waals surface area contributed by atoms with Gasteiger partial charge in [-0.3, -0.25) is 0 Å². The highest BCUT2D eigenvalue weighted by Crippen LogP contribution is 2.36. The van der Waals surface area contributed by atoms with Crippen molar-refractivity contribution in [3.63, 3.8) is 0 Å². The molecule has 0 aliphatic carbocycles. The van der Waals surface area contributed by atoms with Crippen molar-refractivity contribution in [2.45, 2.75) is 47.0 Å². The monoisotopic (exact) mass is 290 g/mol. The Hall–Kier alpha value is -1.78. The molecule has 0 spiro atoms. The summed E-state index contributed by atoms with van der Waals surface area (Å²) in [5.74, 6) is 0.986. The Morgan fingerprint density at radius 3 is 2.57 bits per heavy atom. The molecule has 5 nitrogen and oxygen atoms in total. The van der Waals surface area contributed by atoms with Crippen LogP contribution in [0.15, 0.2) is 11.2 Å². The maximum atomic E-state index is 9.04. The van der Waals surface area contributed by atoms with Crippen LogP contribution < -0.4 is 10.6 Å². The van der Waals surface area contributed by atoms with E-state index in [1.54, 1.807) is 0 Å². The van der Waals surface area contributed by atoms with Crippen molar-refractivity contribution in [3.8, 4) is 0 Å². The predicted molar refractivity (Wildman–Crippen MR) is 86.1 cm³/mol. The summed E-state index contributed by atoms with van der Waals surface area (Å²) in [7, 11) is 0. The summed E-state index contributed by atoms with van der Waals surface area (Å²) in [6.07, 6.45) is 3.50. The van der Waals surface area contributed by atoms with E-state index in [2.05, 4.69) is 28.9 Å². The third-order valence-electron chi connectivity index (χ3n) is 4.81. The number of aryl methyl sites for hydroxylation is 2. The summed E-state index contributed by atoms with van der Waals surface area (Å²) < 4.78 is 0. The zero-order valence-corrected chi connectivity index (χ0v) is 13.5. The summed E-state index contributed by atoms with van der Waals surface area (Å²) in [6, 6.07) is 1.97. The highest BCUT2D eigenvalue weighted by atomic mass is 16.4. The SMILES string of the molecule is CCC1(C)CCN(c2nc(C)cc(C)c2C(N)=NO)CC1. The van der Waals surface area contributed by atoms with Crippen LogP contribution in [-0.4, -0.2) is 29.1 Å². The summed E-state index contributed by atoms with van der Waals surface area (Å²) in [5, 5.41) is 12.2. The van der Waals surface area contributed by atoms with Gasteiger partial charge in [-0.05, 0) is 43.7 Å². The van der Waals surface area contributed by atoms with Gasteiger partial charge >= 0.3 is 0 Å². The highest BCUT2D eigenvalue weighted by Gasteiger charge is 2.30. The first kappa shape index (κ1) is 15.6. The second kappa shape index (κ2) is 5.92. The van der Waals surface area contributed by atoms with Crippen LogP contribution in [0.25, 0.3) is 0 Å². The van der Waals surface area contributed by atoms with Gasteiger partial charge in [0.1, 0.15) is 5.82 Å². The lowest BCUT2D eigenvalue weighted by Crippen LogP contribution is -2.40. The molecule has 0 amide bonds. The topological polar surface area (TPSA) is 74.7 Å². The predicted octanol–water partition coefficient (Wildman–Crippen LogP) is 2.81. The van der Waals surface area contributed by atoms with E-state index in [0.29, 0.717) is 5.41 Å². The maximum absolute atomic E-state index is 9.04. The quantitative estimate of drug-likeness (QED) is 0.388. The Kier molecular flexibility index (Phi) is 4.40. The first-order valence-corrected chi connectivity index (χ1v) is 7.61. The van der Waals surface area contributed by atoms with Crippen LogP contribution in [-0.2, 0) is 0 Å². The first-order chi connectivity index (χ1) is 9.90. The molecule has 2 heterocycles. The van der Waals surface area contributed by atoms with Crippen molar-refractivity contribution < 1.29 is 5.21 Å². The normalized spacial score (nSPS) is 18.9. The number of rotatable bonds is 3. The molecule has 1 aliphatic rings. The number of hydrogen-bond donors (Lipinski definition) is 2. The average molecular weight is 290 g/mol. The van der Waals surface area contributed by atoms with E-state index in [0.717, 1.165) is 48.6 Å². The number of hydrogen-bond acceptors (Lipinski definition) is 4. The molecule has 0 atom stereocenters. The molecule has 5 heteroatoms. The Morgan fingerprint density at radius 2 is 2.05 bits per heavy atom. The van der Waals surface area contributed by atoms with Gasteiger partial charge in [0.05, 0.1) is 5.56 Å². The molecule has 21 heavy (non-hydrogen) atoms. The molecule has 0 saturated carbocycles. The Balaban J connectivity index is 2.36. The second-order valence-corrected chi connectivity index (χ2v) is 6.42.